The molecule has 0 aromatic heterocycles. The van der Waals surface area contributed by atoms with Gasteiger partial charge in [0.05, 0.1) is 6.61 Å². The van der Waals surface area contributed by atoms with Crippen LogP contribution < -0.4 is 16.0 Å². The van der Waals surface area contributed by atoms with Crippen LogP contribution in [0.15, 0.2) is 24.3 Å². The summed E-state index contributed by atoms with van der Waals surface area (Å²) in [5.41, 5.74) is 4.25. The lowest BCUT2D eigenvalue weighted by Gasteiger charge is -2.34. The molecule has 1 heterocycles. The molecular formula is C15H24N2O2. The van der Waals surface area contributed by atoms with E-state index in [2.05, 4.69) is 24.5 Å². The van der Waals surface area contributed by atoms with E-state index in [1.165, 1.54) is 5.56 Å². The summed E-state index contributed by atoms with van der Waals surface area (Å²) in [6.07, 6.45) is 2.02. The average Bonchev–Trinajstić information content (AvgIpc) is 2.45. The molecule has 1 aromatic rings. The number of hydrazine groups is 1. The van der Waals surface area contributed by atoms with Crippen molar-refractivity contribution in [2.45, 2.75) is 25.8 Å². The summed E-state index contributed by atoms with van der Waals surface area (Å²) in [5.74, 6) is 7.63. The van der Waals surface area contributed by atoms with E-state index >= 15 is 0 Å². The van der Waals surface area contributed by atoms with Crippen LogP contribution in [0.25, 0.3) is 0 Å². The number of nitrogens with two attached hydrogens (primary N) is 1. The molecule has 0 radical (unpaired) electrons. The highest BCUT2D eigenvalue weighted by atomic mass is 16.5. The van der Waals surface area contributed by atoms with Crippen molar-refractivity contribution in [1.82, 2.24) is 5.43 Å². The molecule has 3 N–H and O–H groups in total. The van der Waals surface area contributed by atoms with Gasteiger partial charge in [0, 0.05) is 25.7 Å². The number of ether oxygens (including phenoxy) is 2. The third-order valence-electron chi connectivity index (χ3n) is 4.00. The summed E-state index contributed by atoms with van der Waals surface area (Å²) in [7, 11) is 1.73. The molecule has 2 rings (SSSR count). The SMILES string of the molecule is COCCC(C)C(NN)C1COc2ccccc2C1. The van der Waals surface area contributed by atoms with Gasteiger partial charge in [-0.2, -0.15) is 0 Å². The zero-order valence-electron chi connectivity index (χ0n) is 11.8. The standard InChI is InChI=1S/C15H24N2O2/c1-11(7-8-18-2)15(17-16)13-9-12-5-3-4-6-14(12)19-10-13/h3-6,11,13,15,17H,7-10,16H2,1-2H3. The maximum atomic E-state index is 5.85. The molecular weight excluding hydrogens is 240 g/mol. The van der Waals surface area contributed by atoms with E-state index in [-0.39, 0.29) is 6.04 Å². The van der Waals surface area contributed by atoms with Crippen LogP contribution in [-0.2, 0) is 11.2 Å². The van der Waals surface area contributed by atoms with E-state index in [0.717, 1.165) is 31.8 Å². The van der Waals surface area contributed by atoms with Gasteiger partial charge >= 0.3 is 0 Å². The topological polar surface area (TPSA) is 56.5 Å². The molecule has 0 bridgehead atoms. The lowest BCUT2D eigenvalue weighted by atomic mass is 9.83. The number of benzene rings is 1. The number of para-hydroxylation sites is 1. The number of fused-ring (bicyclic) bond motifs is 1. The van der Waals surface area contributed by atoms with Gasteiger partial charge in [-0.05, 0) is 30.4 Å². The first-order chi connectivity index (χ1) is 9.26. The van der Waals surface area contributed by atoms with Crippen LogP contribution in [0.4, 0.5) is 0 Å². The molecule has 3 unspecified atom stereocenters. The van der Waals surface area contributed by atoms with Gasteiger partial charge in [-0.1, -0.05) is 25.1 Å². The Bertz CT molecular complexity index is 397. The molecule has 4 heteroatoms. The zero-order chi connectivity index (χ0) is 13.7. The second-order valence-corrected chi connectivity index (χ2v) is 5.33. The number of nitrogens with one attached hydrogen (secondary N) is 1. The lowest BCUT2D eigenvalue weighted by Crippen LogP contribution is -2.49. The molecule has 19 heavy (non-hydrogen) atoms. The van der Waals surface area contributed by atoms with Crippen molar-refractivity contribution in [3.8, 4) is 5.75 Å². The zero-order valence-corrected chi connectivity index (χ0v) is 11.8. The van der Waals surface area contributed by atoms with Crippen LogP contribution in [0.1, 0.15) is 18.9 Å². The largest absolute Gasteiger partial charge is 0.493 e. The molecule has 0 fully saturated rings. The fraction of sp³-hybridized carbons (Fsp3) is 0.600. The Hall–Kier alpha value is -1.10. The second kappa shape index (κ2) is 6.89. The van der Waals surface area contributed by atoms with Crippen LogP contribution in [0.5, 0.6) is 5.75 Å². The highest BCUT2D eigenvalue weighted by Gasteiger charge is 2.30. The van der Waals surface area contributed by atoms with Crippen LogP contribution >= 0.6 is 0 Å². The van der Waals surface area contributed by atoms with Gasteiger partial charge in [0.15, 0.2) is 0 Å². The normalized spacial score (nSPS) is 21.3. The minimum atomic E-state index is 0.253. The summed E-state index contributed by atoms with van der Waals surface area (Å²) in [6.45, 7) is 3.71. The molecule has 3 atom stereocenters. The van der Waals surface area contributed by atoms with Crippen molar-refractivity contribution in [2.75, 3.05) is 20.3 Å². The van der Waals surface area contributed by atoms with Gasteiger partial charge in [0.1, 0.15) is 5.75 Å². The van der Waals surface area contributed by atoms with Crippen LogP contribution in [0.3, 0.4) is 0 Å². The number of rotatable bonds is 6. The Morgan fingerprint density at radius 3 is 3.00 bits per heavy atom. The van der Waals surface area contributed by atoms with Crippen molar-refractivity contribution in [3.05, 3.63) is 29.8 Å². The first kappa shape index (κ1) is 14.3. The maximum absolute atomic E-state index is 5.85. The summed E-state index contributed by atoms with van der Waals surface area (Å²) >= 11 is 0. The monoisotopic (exact) mass is 264 g/mol. The van der Waals surface area contributed by atoms with E-state index in [4.69, 9.17) is 15.3 Å². The molecule has 0 spiro atoms. The van der Waals surface area contributed by atoms with Gasteiger partial charge in [0.25, 0.3) is 0 Å². The average molecular weight is 264 g/mol. The highest BCUT2D eigenvalue weighted by Crippen LogP contribution is 2.30. The van der Waals surface area contributed by atoms with Gasteiger partial charge in [-0.15, -0.1) is 0 Å². The molecule has 106 valence electrons. The minimum Gasteiger partial charge on any atom is -0.493 e. The van der Waals surface area contributed by atoms with E-state index in [9.17, 15) is 0 Å². The Morgan fingerprint density at radius 1 is 1.47 bits per heavy atom. The molecule has 0 aliphatic carbocycles. The third kappa shape index (κ3) is 3.47. The smallest absolute Gasteiger partial charge is 0.122 e. The Morgan fingerprint density at radius 2 is 2.26 bits per heavy atom. The highest BCUT2D eigenvalue weighted by molar-refractivity contribution is 5.35. The van der Waals surface area contributed by atoms with Crippen molar-refractivity contribution < 1.29 is 9.47 Å². The van der Waals surface area contributed by atoms with E-state index in [0.29, 0.717) is 11.8 Å². The molecule has 4 nitrogen and oxygen atoms in total. The lowest BCUT2D eigenvalue weighted by molar-refractivity contribution is 0.128. The van der Waals surface area contributed by atoms with Crippen molar-refractivity contribution in [3.63, 3.8) is 0 Å². The molecule has 1 aromatic carbocycles. The summed E-state index contributed by atoms with van der Waals surface area (Å²) in [5, 5.41) is 0. The minimum absolute atomic E-state index is 0.253. The van der Waals surface area contributed by atoms with Crippen molar-refractivity contribution >= 4 is 0 Å². The summed E-state index contributed by atoms with van der Waals surface area (Å²) < 4.78 is 11.0. The molecule has 0 saturated heterocycles. The Kier molecular flexibility index (Phi) is 5.19. The Labute approximate surface area is 115 Å². The van der Waals surface area contributed by atoms with E-state index in [1.807, 2.05) is 12.1 Å². The predicted molar refractivity (Wildman–Crippen MR) is 75.9 cm³/mol. The fourth-order valence-corrected chi connectivity index (χ4v) is 2.83. The number of hydrogen-bond donors (Lipinski definition) is 2. The molecule has 1 aliphatic heterocycles. The molecule has 0 amide bonds. The van der Waals surface area contributed by atoms with Crippen molar-refractivity contribution in [2.24, 2.45) is 17.7 Å². The maximum Gasteiger partial charge on any atom is 0.122 e. The molecule has 0 saturated carbocycles. The van der Waals surface area contributed by atoms with Gasteiger partial charge in [-0.3, -0.25) is 11.3 Å². The number of hydrogen-bond acceptors (Lipinski definition) is 4. The second-order valence-electron chi connectivity index (χ2n) is 5.33. The number of methoxy groups -OCH3 is 1. The molecule has 1 aliphatic rings. The van der Waals surface area contributed by atoms with Crippen LogP contribution in [0.2, 0.25) is 0 Å². The van der Waals surface area contributed by atoms with E-state index < -0.39 is 0 Å². The summed E-state index contributed by atoms with van der Waals surface area (Å²) in [4.78, 5) is 0. The van der Waals surface area contributed by atoms with Crippen LogP contribution in [0, 0.1) is 11.8 Å². The van der Waals surface area contributed by atoms with E-state index in [1.54, 1.807) is 7.11 Å². The van der Waals surface area contributed by atoms with Gasteiger partial charge < -0.3 is 9.47 Å². The Balaban J connectivity index is 2.01. The van der Waals surface area contributed by atoms with Crippen LogP contribution in [-0.4, -0.2) is 26.4 Å². The fourth-order valence-electron chi connectivity index (χ4n) is 2.83. The van der Waals surface area contributed by atoms with Gasteiger partial charge in [-0.25, -0.2) is 0 Å². The first-order valence-electron chi connectivity index (χ1n) is 6.92. The van der Waals surface area contributed by atoms with Gasteiger partial charge in [0.2, 0.25) is 0 Å². The quantitative estimate of drug-likeness (QED) is 0.607. The van der Waals surface area contributed by atoms with Crippen molar-refractivity contribution in [1.29, 1.82) is 0 Å². The third-order valence-corrected chi connectivity index (χ3v) is 4.00. The predicted octanol–water partition coefficient (Wildman–Crippen LogP) is 1.74. The first-order valence-corrected chi connectivity index (χ1v) is 6.92. The summed E-state index contributed by atoms with van der Waals surface area (Å²) in [6, 6.07) is 8.49.